The van der Waals surface area contributed by atoms with Crippen molar-refractivity contribution >= 4 is 5.69 Å². The molecule has 0 radical (unpaired) electrons. The highest BCUT2D eigenvalue weighted by atomic mass is 16.3. The van der Waals surface area contributed by atoms with E-state index in [-0.39, 0.29) is 6.61 Å². The second-order valence-electron chi connectivity index (χ2n) is 2.70. The smallest absolute Gasteiger partial charge is 0.0604 e. The zero-order valence-electron chi connectivity index (χ0n) is 7.38. The quantitative estimate of drug-likeness (QED) is 0.711. The van der Waals surface area contributed by atoms with Gasteiger partial charge in [-0.1, -0.05) is 19.1 Å². The summed E-state index contributed by atoms with van der Waals surface area (Å²) in [5, 5.41) is 11.7. The molecule has 0 spiro atoms. The highest BCUT2D eigenvalue weighted by molar-refractivity contribution is 5.44. The first-order valence-corrected chi connectivity index (χ1v) is 4.30. The lowest BCUT2D eigenvalue weighted by Crippen LogP contribution is -2.04. The summed E-state index contributed by atoms with van der Waals surface area (Å²) < 4.78 is 0. The summed E-state index contributed by atoms with van der Waals surface area (Å²) in [4.78, 5) is 0. The van der Waals surface area contributed by atoms with Crippen molar-refractivity contribution in [1.82, 2.24) is 0 Å². The molecule has 1 rings (SSSR count). The summed E-state index contributed by atoms with van der Waals surface area (Å²) in [5.41, 5.74) is 2.41. The van der Waals surface area contributed by atoms with Gasteiger partial charge in [0.1, 0.15) is 0 Å². The number of aryl methyl sites for hydroxylation is 1. The van der Waals surface area contributed by atoms with Crippen molar-refractivity contribution in [2.24, 2.45) is 0 Å². The molecule has 0 bridgehead atoms. The van der Waals surface area contributed by atoms with Crippen LogP contribution in [0.25, 0.3) is 0 Å². The van der Waals surface area contributed by atoms with E-state index in [0.717, 1.165) is 12.1 Å². The molecule has 0 fully saturated rings. The fourth-order valence-corrected chi connectivity index (χ4v) is 1.06. The molecule has 0 heterocycles. The van der Waals surface area contributed by atoms with Gasteiger partial charge >= 0.3 is 0 Å². The molecule has 2 heteroatoms. The Hall–Kier alpha value is -1.02. The third kappa shape index (κ3) is 2.55. The normalized spacial score (nSPS) is 9.83. The van der Waals surface area contributed by atoms with Gasteiger partial charge in [-0.25, -0.2) is 0 Å². The SMILES string of the molecule is CCc1ccc(NCCO)cc1. The van der Waals surface area contributed by atoms with Gasteiger partial charge in [0.25, 0.3) is 0 Å². The Morgan fingerprint density at radius 2 is 1.92 bits per heavy atom. The molecule has 2 N–H and O–H groups in total. The lowest BCUT2D eigenvalue weighted by molar-refractivity contribution is 0.311. The number of hydrogen-bond donors (Lipinski definition) is 2. The Kier molecular flexibility index (Phi) is 3.61. The molecular weight excluding hydrogens is 150 g/mol. The third-order valence-electron chi connectivity index (χ3n) is 1.80. The molecule has 0 atom stereocenters. The van der Waals surface area contributed by atoms with Crippen LogP contribution in [0.4, 0.5) is 5.69 Å². The zero-order chi connectivity index (χ0) is 8.81. The summed E-state index contributed by atoms with van der Waals surface area (Å²) in [6.45, 7) is 2.93. The van der Waals surface area contributed by atoms with Crippen LogP contribution in [0.5, 0.6) is 0 Å². The summed E-state index contributed by atoms with van der Waals surface area (Å²) in [6, 6.07) is 8.27. The number of aliphatic hydroxyl groups excluding tert-OH is 1. The van der Waals surface area contributed by atoms with E-state index in [1.807, 2.05) is 12.1 Å². The van der Waals surface area contributed by atoms with E-state index in [0.29, 0.717) is 6.54 Å². The first-order chi connectivity index (χ1) is 5.86. The van der Waals surface area contributed by atoms with Crippen molar-refractivity contribution in [3.05, 3.63) is 29.8 Å². The monoisotopic (exact) mass is 165 g/mol. The van der Waals surface area contributed by atoms with Crippen LogP contribution in [0.3, 0.4) is 0 Å². The van der Waals surface area contributed by atoms with Crippen molar-refractivity contribution in [3.63, 3.8) is 0 Å². The third-order valence-corrected chi connectivity index (χ3v) is 1.80. The lowest BCUT2D eigenvalue weighted by atomic mass is 10.1. The molecule has 0 aliphatic carbocycles. The average Bonchev–Trinajstić information content (AvgIpc) is 2.15. The predicted octanol–water partition coefficient (Wildman–Crippen LogP) is 1.65. The summed E-state index contributed by atoms with van der Waals surface area (Å²) in [5.74, 6) is 0. The van der Waals surface area contributed by atoms with Gasteiger partial charge in [0, 0.05) is 12.2 Å². The second kappa shape index (κ2) is 4.78. The van der Waals surface area contributed by atoms with Crippen molar-refractivity contribution < 1.29 is 5.11 Å². The number of aliphatic hydroxyl groups is 1. The molecule has 1 aromatic carbocycles. The Bertz CT molecular complexity index is 218. The maximum atomic E-state index is 8.57. The first-order valence-electron chi connectivity index (χ1n) is 4.30. The van der Waals surface area contributed by atoms with Crippen LogP contribution >= 0.6 is 0 Å². The molecule has 0 aliphatic heterocycles. The van der Waals surface area contributed by atoms with Crippen LogP contribution in [-0.2, 0) is 6.42 Å². The van der Waals surface area contributed by atoms with E-state index in [9.17, 15) is 0 Å². The Morgan fingerprint density at radius 1 is 1.25 bits per heavy atom. The standard InChI is InChI=1S/C10H15NO/c1-2-9-3-5-10(6-4-9)11-7-8-12/h3-6,11-12H,2,7-8H2,1H3. The molecular formula is C10H15NO. The number of rotatable bonds is 4. The first kappa shape index (κ1) is 9.07. The van der Waals surface area contributed by atoms with Gasteiger partial charge in [-0.05, 0) is 24.1 Å². The van der Waals surface area contributed by atoms with Crippen LogP contribution < -0.4 is 5.32 Å². The molecule has 0 amide bonds. The van der Waals surface area contributed by atoms with Crippen LogP contribution in [0.1, 0.15) is 12.5 Å². The van der Waals surface area contributed by atoms with Gasteiger partial charge in [0.05, 0.1) is 6.61 Å². The predicted molar refractivity (Wildman–Crippen MR) is 51.4 cm³/mol. The molecule has 0 aromatic heterocycles. The van der Waals surface area contributed by atoms with Crippen molar-refractivity contribution in [3.8, 4) is 0 Å². The zero-order valence-corrected chi connectivity index (χ0v) is 7.38. The van der Waals surface area contributed by atoms with E-state index >= 15 is 0 Å². The summed E-state index contributed by atoms with van der Waals surface area (Å²) >= 11 is 0. The molecule has 0 unspecified atom stereocenters. The van der Waals surface area contributed by atoms with E-state index in [2.05, 4.69) is 24.4 Å². The second-order valence-corrected chi connectivity index (χ2v) is 2.70. The Labute approximate surface area is 73.2 Å². The summed E-state index contributed by atoms with van der Waals surface area (Å²) in [7, 11) is 0. The van der Waals surface area contributed by atoms with Gasteiger partial charge in [0.15, 0.2) is 0 Å². The molecule has 2 nitrogen and oxygen atoms in total. The van der Waals surface area contributed by atoms with Gasteiger partial charge in [-0.2, -0.15) is 0 Å². The minimum absolute atomic E-state index is 0.176. The molecule has 0 saturated carbocycles. The van der Waals surface area contributed by atoms with Crippen LogP contribution in [0, 0.1) is 0 Å². The molecule has 0 saturated heterocycles. The molecule has 0 aliphatic rings. The van der Waals surface area contributed by atoms with Gasteiger partial charge in [0.2, 0.25) is 0 Å². The number of hydrogen-bond acceptors (Lipinski definition) is 2. The van der Waals surface area contributed by atoms with Crippen LogP contribution in [0.15, 0.2) is 24.3 Å². The average molecular weight is 165 g/mol. The van der Waals surface area contributed by atoms with E-state index in [4.69, 9.17) is 5.11 Å². The maximum absolute atomic E-state index is 8.57. The maximum Gasteiger partial charge on any atom is 0.0604 e. The molecule has 1 aromatic rings. The minimum atomic E-state index is 0.176. The molecule has 12 heavy (non-hydrogen) atoms. The van der Waals surface area contributed by atoms with Gasteiger partial charge in [-0.15, -0.1) is 0 Å². The minimum Gasteiger partial charge on any atom is -0.395 e. The van der Waals surface area contributed by atoms with Gasteiger partial charge in [-0.3, -0.25) is 0 Å². The van der Waals surface area contributed by atoms with Crippen LogP contribution in [0.2, 0.25) is 0 Å². The van der Waals surface area contributed by atoms with Crippen molar-refractivity contribution in [2.75, 3.05) is 18.5 Å². The fraction of sp³-hybridized carbons (Fsp3) is 0.400. The highest BCUT2D eigenvalue weighted by Gasteiger charge is 1.90. The van der Waals surface area contributed by atoms with Crippen molar-refractivity contribution in [1.29, 1.82) is 0 Å². The fourth-order valence-electron chi connectivity index (χ4n) is 1.06. The van der Waals surface area contributed by atoms with E-state index in [1.54, 1.807) is 0 Å². The molecule has 66 valence electrons. The van der Waals surface area contributed by atoms with E-state index in [1.165, 1.54) is 5.56 Å². The largest absolute Gasteiger partial charge is 0.395 e. The Balaban J connectivity index is 2.53. The number of benzene rings is 1. The number of nitrogens with one attached hydrogen (secondary N) is 1. The topological polar surface area (TPSA) is 32.3 Å². The van der Waals surface area contributed by atoms with Gasteiger partial charge < -0.3 is 10.4 Å². The number of anilines is 1. The summed E-state index contributed by atoms with van der Waals surface area (Å²) in [6.07, 6.45) is 1.07. The van der Waals surface area contributed by atoms with Crippen molar-refractivity contribution in [2.45, 2.75) is 13.3 Å². The lowest BCUT2D eigenvalue weighted by Gasteiger charge is -2.04. The highest BCUT2D eigenvalue weighted by Crippen LogP contribution is 2.08. The van der Waals surface area contributed by atoms with Crippen LogP contribution in [-0.4, -0.2) is 18.3 Å². The van der Waals surface area contributed by atoms with E-state index < -0.39 is 0 Å². The Morgan fingerprint density at radius 3 is 2.42 bits per heavy atom.